The van der Waals surface area contributed by atoms with E-state index in [1.807, 2.05) is 17.8 Å². The number of pyridine rings is 1. The second-order valence-corrected chi connectivity index (χ2v) is 12.1. The van der Waals surface area contributed by atoms with Crippen LogP contribution in [0.5, 0.6) is 0 Å². The molecule has 3 heterocycles. The van der Waals surface area contributed by atoms with Gasteiger partial charge in [0.25, 0.3) is 5.56 Å². The molecule has 1 saturated heterocycles. The van der Waals surface area contributed by atoms with E-state index in [0.29, 0.717) is 48.6 Å². The Hall–Kier alpha value is -2.36. The highest BCUT2D eigenvalue weighted by atomic mass is 35.5. The summed E-state index contributed by atoms with van der Waals surface area (Å²) in [4.78, 5) is 43.9. The van der Waals surface area contributed by atoms with Gasteiger partial charge in [-0.3, -0.25) is 18.7 Å². The minimum atomic E-state index is -0.599. The number of hydrogen-bond donors (Lipinski definition) is 1. The molecule has 202 valence electrons. The van der Waals surface area contributed by atoms with Crippen molar-refractivity contribution in [3.8, 4) is 0 Å². The van der Waals surface area contributed by atoms with E-state index in [1.54, 1.807) is 16.7 Å². The second-order valence-electron chi connectivity index (χ2n) is 10.0. The van der Waals surface area contributed by atoms with Crippen molar-refractivity contribution in [2.75, 3.05) is 11.5 Å². The zero-order chi connectivity index (χ0) is 26.8. The summed E-state index contributed by atoms with van der Waals surface area (Å²) in [6.45, 7) is 0. The van der Waals surface area contributed by atoms with Crippen LogP contribution >= 0.6 is 35.0 Å². The number of halogens is 3. The topological polar surface area (TPSA) is 86.0 Å². The number of thioether (sulfide) groups is 1. The Labute approximate surface area is 233 Å². The zero-order valence-corrected chi connectivity index (χ0v) is 23.1. The third-order valence-corrected chi connectivity index (χ3v) is 9.32. The summed E-state index contributed by atoms with van der Waals surface area (Å²) in [5.41, 5.74) is 0.338. The lowest BCUT2D eigenvalue weighted by atomic mass is 9.90. The Morgan fingerprint density at radius 2 is 1.71 bits per heavy atom. The average Bonchev–Trinajstić information content (AvgIpc) is 2.91. The van der Waals surface area contributed by atoms with Gasteiger partial charge in [0.15, 0.2) is 0 Å². The number of nitrogens with zero attached hydrogens (tertiary/aromatic N) is 3. The summed E-state index contributed by atoms with van der Waals surface area (Å²) < 4.78 is 17.0. The number of amides is 1. The Morgan fingerprint density at radius 1 is 1.00 bits per heavy atom. The normalized spacial score (nSPS) is 20.5. The third-order valence-electron chi connectivity index (χ3n) is 7.53. The molecule has 7 nitrogen and oxygen atoms in total. The van der Waals surface area contributed by atoms with Gasteiger partial charge in [-0.25, -0.2) is 14.2 Å². The lowest BCUT2D eigenvalue weighted by molar-refractivity contribution is -0.122. The number of carbonyl (C=O) groups excluding carboxylic acids is 1. The van der Waals surface area contributed by atoms with Gasteiger partial charge in [0, 0.05) is 24.5 Å². The van der Waals surface area contributed by atoms with Crippen LogP contribution in [-0.4, -0.2) is 37.6 Å². The molecule has 1 amide bonds. The van der Waals surface area contributed by atoms with Crippen LogP contribution in [0.25, 0.3) is 11.0 Å². The summed E-state index contributed by atoms with van der Waals surface area (Å²) in [7, 11) is 0. The van der Waals surface area contributed by atoms with E-state index < -0.39 is 11.4 Å². The smallest absolute Gasteiger partial charge is 0.333 e. The van der Waals surface area contributed by atoms with Crippen LogP contribution in [0.2, 0.25) is 10.0 Å². The Balaban J connectivity index is 1.29. The van der Waals surface area contributed by atoms with E-state index in [9.17, 15) is 18.8 Å². The fraction of sp³-hybridized carbons (Fsp3) is 0.481. The van der Waals surface area contributed by atoms with E-state index in [2.05, 4.69) is 10.3 Å². The Kier molecular flexibility index (Phi) is 8.45. The van der Waals surface area contributed by atoms with Crippen molar-refractivity contribution in [1.82, 2.24) is 19.4 Å². The van der Waals surface area contributed by atoms with Crippen LogP contribution in [0.4, 0.5) is 4.39 Å². The molecule has 1 aliphatic carbocycles. The van der Waals surface area contributed by atoms with E-state index in [0.717, 1.165) is 36.1 Å². The summed E-state index contributed by atoms with van der Waals surface area (Å²) in [5.74, 6) is 1.20. The molecule has 2 aromatic heterocycles. The molecule has 0 unspecified atom stereocenters. The predicted octanol–water partition coefficient (Wildman–Crippen LogP) is 5.30. The number of aromatic nitrogens is 3. The fourth-order valence-electron chi connectivity index (χ4n) is 5.53. The van der Waals surface area contributed by atoms with Crippen LogP contribution in [0.15, 0.2) is 40.1 Å². The van der Waals surface area contributed by atoms with Crippen molar-refractivity contribution < 1.29 is 9.18 Å². The lowest BCUT2D eigenvalue weighted by Gasteiger charge is -2.31. The van der Waals surface area contributed by atoms with Gasteiger partial charge in [-0.05, 0) is 80.2 Å². The second kappa shape index (κ2) is 11.8. The first-order chi connectivity index (χ1) is 18.3. The fourth-order valence-corrected chi connectivity index (χ4v) is 6.93. The zero-order valence-electron chi connectivity index (χ0n) is 20.8. The van der Waals surface area contributed by atoms with Crippen molar-refractivity contribution in [3.05, 3.63) is 72.7 Å². The molecule has 2 fully saturated rings. The largest absolute Gasteiger partial charge is 0.353 e. The summed E-state index contributed by atoms with van der Waals surface area (Å²) in [5, 5.41) is 4.17. The van der Waals surface area contributed by atoms with E-state index in [1.165, 1.54) is 10.6 Å². The molecule has 3 aromatic rings. The van der Waals surface area contributed by atoms with Gasteiger partial charge in [0.05, 0.1) is 21.6 Å². The molecule has 38 heavy (non-hydrogen) atoms. The maximum Gasteiger partial charge on any atom is 0.333 e. The highest BCUT2D eigenvalue weighted by Gasteiger charge is 2.29. The van der Waals surface area contributed by atoms with Crippen molar-refractivity contribution in [3.63, 3.8) is 0 Å². The Morgan fingerprint density at radius 3 is 2.42 bits per heavy atom. The van der Waals surface area contributed by atoms with E-state index in [-0.39, 0.29) is 40.8 Å². The van der Waals surface area contributed by atoms with Crippen LogP contribution in [0.1, 0.15) is 62.6 Å². The van der Waals surface area contributed by atoms with Gasteiger partial charge in [-0.2, -0.15) is 11.8 Å². The monoisotopic (exact) mass is 578 g/mol. The van der Waals surface area contributed by atoms with Crippen molar-refractivity contribution in [1.29, 1.82) is 0 Å². The van der Waals surface area contributed by atoms with Crippen LogP contribution < -0.4 is 16.6 Å². The van der Waals surface area contributed by atoms with Crippen LogP contribution in [0.3, 0.4) is 0 Å². The predicted molar refractivity (Wildman–Crippen MR) is 150 cm³/mol. The van der Waals surface area contributed by atoms with Crippen LogP contribution in [-0.2, 0) is 11.2 Å². The SMILES string of the molecule is O=C(CCc1ccc(Cl)c(Cl)c1)N[C@H]1CC[C@@H](n2c(=O)c3cc(F)cnc3n(C3CCSCC3)c2=O)CC1. The standard InChI is InChI=1S/C27H29Cl2FN4O3S/c28-22-7-1-16(13-23(22)29)2-8-24(35)32-18-3-5-19(6-4-18)34-26(36)21-14-17(30)15-31-25(21)33(27(34)37)20-9-11-38-12-10-20/h1,7,13-15,18-20H,2-6,8-12H2,(H,32,35)/t18-,19+. The molecular weight excluding hydrogens is 550 g/mol. The molecule has 11 heteroatoms. The number of fused-ring (bicyclic) bond motifs is 1. The third kappa shape index (κ3) is 5.80. The van der Waals surface area contributed by atoms with Crippen molar-refractivity contribution in [2.24, 2.45) is 0 Å². The lowest BCUT2D eigenvalue weighted by Crippen LogP contribution is -2.46. The molecule has 0 atom stereocenters. The summed E-state index contributed by atoms with van der Waals surface area (Å²) >= 11 is 13.9. The number of rotatable bonds is 6. The average molecular weight is 580 g/mol. The molecular formula is C27H29Cl2FN4O3S. The first-order valence-corrected chi connectivity index (χ1v) is 14.9. The molecule has 5 rings (SSSR count). The van der Waals surface area contributed by atoms with Crippen molar-refractivity contribution in [2.45, 2.75) is 69.5 Å². The molecule has 1 saturated carbocycles. The Bertz CT molecular complexity index is 1460. The van der Waals surface area contributed by atoms with E-state index >= 15 is 0 Å². The molecule has 1 N–H and O–H groups in total. The minimum Gasteiger partial charge on any atom is -0.353 e. The number of nitrogens with one attached hydrogen (secondary N) is 1. The van der Waals surface area contributed by atoms with Gasteiger partial charge < -0.3 is 5.32 Å². The molecule has 1 aliphatic heterocycles. The van der Waals surface area contributed by atoms with Gasteiger partial charge in [-0.15, -0.1) is 0 Å². The maximum absolute atomic E-state index is 14.1. The van der Waals surface area contributed by atoms with Gasteiger partial charge >= 0.3 is 5.69 Å². The van der Waals surface area contributed by atoms with Gasteiger partial charge in [0.1, 0.15) is 11.5 Å². The molecule has 1 aromatic carbocycles. The first kappa shape index (κ1) is 27.2. The molecule has 2 aliphatic rings. The minimum absolute atomic E-state index is 0.0274. The van der Waals surface area contributed by atoms with Gasteiger partial charge in [-0.1, -0.05) is 29.3 Å². The molecule has 0 radical (unpaired) electrons. The molecule has 0 spiro atoms. The van der Waals surface area contributed by atoms with Crippen LogP contribution in [0, 0.1) is 5.82 Å². The number of benzene rings is 1. The summed E-state index contributed by atoms with van der Waals surface area (Å²) in [6.07, 6.45) is 5.98. The van der Waals surface area contributed by atoms with Gasteiger partial charge in [0.2, 0.25) is 5.91 Å². The van der Waals surface area contributed by atoms with E-state index in [4.69, 9.17) is 23.2 Å². The van der Waals surface area contributed by atoms with Crippen molar-refractivity contribution >= 4 is 51.9 Å². The number of aryl methyl sites for hydroxylation is 1. The first-order valence-electron chi connectivity index (χ1n) is 12.9. The quantitative estimate of drug-likeness (QED) is 0.428. The number of carbonyl (C=O) groups is 1. The highest BCUT2D eigenvalue weighted by molar-refractivity contribution is 7.99. The summed E-state index contributed by atoms with van der Waals surface area (Å²) in [6, 6.07) is 6.13. The highest BCUT2D eigenvalue weighted by Crippen LogP contribution is 2.30. The molecule has 0 bridgehead atoms. The maximum atomic E-state index is 14.1. The number of hydrogen-bond acceptors (Lipinski definition) is 5.